The highest BCUT2D eigenvalue weighted by Gasteiger charge is 2.26. The Hall–Kier alpha value is -6.39. The Morgan fingerprint density at radius 3 is 2.04 bits per heavy atom. The molecule has 2 aliphatic heterocycles. The van der Waals surface area contributed by atoms with Crippen molar-refractivity contribution in [3.63, 3.8) is 0 Å². The van der Waals surface area contributed by atoms with Gasteiger partial charge in [-0.2, -0.15) is 0 Å². The highest BCUT2D eigenvalue weighted by molar-refractivity contribution is 6.13. The van der Waals surface area contributed by atoms with Crippen LogP contribution in [0, 0.1) is 0 Å². The Kier molecular flexibility index (Phi) is 5.68. The topological polar surface area (TPSA) is 31.3 Å². The number of benzene rings is 7. The van der Waals surface area contributed by atoms with Crippen LogP contribution in [0.5, 0.6) is 0 Å². The van der Waals surface area contributed by atoms with Crippen molar-refractivity contribution in [3.8, 4) is 22.5 Å². The Morgan fingerprint density at radius 1 is 0.500 bits per heavy atom. The van der Waals surface area contributed by atoms with Crippen LogP contribution in [0.25, 0.3) is 71.8 Å². The Morgan fingerprint density at radius 2 is 1.16 bits per heavy atom. The molecule has 0 saturated heterocycles. The lowest BCUT2D eigenvalue weighted by Gasteiger charge is -2.28. The average molecular weight is 642 g/mol. The van der Waals surface area contributed by atoms with Crippen molar-refractivity contribution in [3.05, 3.63) is 185 Å². The fourth-order valence-corrected chi connectivity index (χ4v) is 8.96. The molecule has 4 heteroatoms. The third-order valence-electron chi connectivity index (χ3n) is 11.1. The molecule has 8 aromatic rings. The molecule has 7 aromatic carbocycles. The Balaban J connectivity index is 1.26. The van der Waals surface area contributed by atoms with Crippen molar-refractivity contribution < 1.29 is 0 Å². The number of aryl methyl sites for hydroxylation is 1. The lowest BCUT2D eigenvalue weighted by molar-refractivity contribution is 0.726. The molecule has 0 N–H and O–H groups in total. The van der Waals surface area contributed by atoms with Gasteiger partial charge in [0.15, 0.2) is 0 Å². The molecule has 50 heavy (non-hydrogen) atoms. The smallest absolute Gasteiger partial charge is 0.263 e. The zero-order valence-corrected chi connectivity index (χ0v) is 27.3. The first-order valence-corrected chi connectivity index (χ1v) is 17.4. The molecule has 0 fully saturated rings. The monoisotopic (exact) mass is 641 g/mol. The van der Waals surface area contributed by atoms with E-state index in [2.05, 4.69) is 149 Å². The lowest BCUT2D eigenvalue weighted by Crippen LogP contribution is -2.21. The second kappa shape index (κ2) is 10.3. The SMILES string of the molecule is O=c1c2ccccc2c2cccc3c2n1c1cccc2c1-n3c1ccccc1n2-c1ccc2c(c1)-c1ccccc1C(c1ccccc1)CC2. The van der Waals surface area contributed by atoms with Gasteiger partial charge in [-0.05, 0) is 94.6 Å². The van der Waals surface area contributed by atoms with E-state index in [9.17, 15) is 4.79 Å². The van der Waals surface area contributed by atoms with Crippen LogP contribution in [0.3, 0.4) is 0 Å². The predicted octanol–water partition coefficient (Wildman–Crippen LogP) is 10.7. The van der Waals surface area contributed by atoms with Gasteiger partial charge < -0.3 is 9.13 Å². The van der Waals surface area contributed by atoms with Gasteiger partial charge >= 0.3 is 0 Å². The fraction of sp³-hybridized carbons (Fsp3) is 0.0652. The highest BCUT2D eigenvalue weighted by Crippen LogP contribution is 2.44. The van der Waals surface area contributed by atoms with Gasteiger partial charge in [-0.1, -0.05) is 109 Å². The summed E-state index contributed by atoms with van der Waals surface area (Å²) < 4.78 is 6.71. The van der Waals surface area contributed by atoms with Crippen LogP contribution in [0.1, 0.15) is 29.0 Å². The van der Waals surface area contributed by atoms with Gasteiger partial charge in [0.1, 0.15) is 0 Å². The maximum atomic E-state index is 14.4. The van der Waals surface area contributed by atoms with Gasteiger partial charge in [-0.25, -0.2) is 0 Å². The number of pyridine rings is 1. The molecule has 3 aliphatic rings. The number of para-hydroxylation sites is 4. The molecule has 11 rings (SSSR count). The molecule has 0 amide bonds. The molecular formula is C46H31N3O. The fourth-order valence-electron chi connectivity index (χ4n) is 8.96. The molecule has 0 saturated carbocycles. The number of rotatable bonds is 2. The molecule has 0 bridgehead atoms. The summed E-state index contributed by atoms with van der Waals surface area (Å²) in [5, 5.41) is 2.79. The third kappa shape index (κ3) is 3.68. The van der Waals surface area contributed by atoms with Crippen LogP contribution in [-0.4, -0.2) is 13.5 Å². The summed E-state index contributed by atoms with van der Waals surface area (Å²) in [7, 11) is 0. The second-order valence-corrected chi connectivity index (χ2v) is 13.6. The van der Waals surface area contributed by atoms with E-state index in [4.69, 9.17) is 0 Å². The van der Waals surface area contributed by atoms with E-state index in [1.54, 1.807) is 0 Å². The molecule has 236 valence electrons. The van der Waals surface area contributed by atoms with Crippen LogP contribution in [0.2, 0.25) is 0 Å². The maximum Gasteiger partial charge on any atom is 0.263 e. The minimum absolute atomic E-state index is 0.00798. The minimum Gasteiger partial charge on any atom is -0.306 e. The number of nitrogens with zero attached hydrogens (tertiary/aromatic N) is 3. The molecule has 1 atom stereocenters. The van der Waals surface area contributed by atoms with E-state index in [1.807, 2.05) is 22.6 Å². The van der Waals surface area contributed by atoms with E-state index in [0.717, 1.165) is 73.5 Å². The van der Waals surface area contributed by atoms with Crippen molar-refractivity contribution in [2.75, 3.05) is 0 Å². The summed E-state index contributed by atoms with van der Waals surface area (Å²) in [4.78, 5) is 14.4. The number of hydrogen-bond acceptors (Lipinski definition) is 1. The third-order valence-corrected chi connectivity index (χ3v) is 11.1. The van der Waals surface area contributed by atoms with E-state index in [1.165, 1.54) is 27.8 Å². The predicted molar refractivity (Wildman–Crippen MR) is 206 cm³/mol. The zero-order chi connectivity index (χ0) is 32.9. The van der Waals surface area contributed by atoms with Crippen LogP contribution in [0.4, 0.5) is 0 Å². The summed E-state index contributed by atoms with van der Waals surface area (Å²) in [5.41, 5.74) is 14.9. The Bertz CT molecular complexity index is 3020. The van der Waals surface area contributed by atoms with Crippen molar-refractivity contribution in [1.29, 1.82) is 0 Å². The highest BCUT2D eigenvalue weighted by atomic mass is 16.1. The van der Waals surface area contributed by atoms with E-state index < -0.39 is 0 Å². The zero-order valence-electron chi connectivity index (χ0n) is 27.3. The first kappa shape index (κ1) is 27.5. The van der Waals surface area contributed by atoms with Crippen LogP contribution in [-0.2, 0) is 6.42 Å². The summed E-state index contributed by atoms with van der Waals surface area (Å²) in [6.07, 6.45) is 2.07. The summed E-state index contributed by atoms with van der Waals surface area (Å²) >= 11 is 0. The van der Waals surface area contributed by atoms with E-state index in [0.29, 0.717) is 5.92 Å². The van der Waals surface area contributed by atoms with Gasteiger partial charge in [0, 0.05) is 22.4 Å². The largest absolute Gasteiger partial charge is 0.306 e. The molecule has 3 heterocycles. The van der Waals surface area contributed by atoms with Gasteiger partial charge in [0.2, 0.25) is 0 Å². The van der Waals surface area contributed by atoms with Gasteiger partial charge in [0.25, 0.3) is 5.56 Å². The quantitative estimate of drug-likeness (QED) is 0.137. The van der Waals surface area contributed by atoms with E-state index in [-0.39, 0.29) is 5.56 Å². The standard InChI is InChI=1S/C46H31N3O/c50-46-37-17-7-6-16-35(37)36-18-10-21-41-44(36)49(46)43-23-11-22-42-45(43)48(41)40-20-9-8-19-39(40)47(42)31-26-24-30-25-27-32(29-12-2-1-3-13-29)33-14-4-5-15-34(33)38(30)28-31/h1-24,26,28,32H,25,27H2. The maximum absolute atomic E-state index is 14.4. The minimum atomic E-state index is 0.00798. The normalized spacial score (nSPS) is 14.5. The van der Waals surface area contributed by atoms with Crippen LogP contribution >= 0.6 is 0 Å². The summed E-state index contributed by atoms with van der Waals surface area (Å²) in [6.45, 7) is 0. The molecule has 1 unspecified atom stereocenters. The van der Waals surface area contributed by atoms with Gasteiger partial charge in [0.05, 0.1) is 38.8 Å². The molecule has 1 aliphatic carbocycles. The second-order valence-electron chi connectivity index (χ2n) is 13.6. The summed E-state index contributed by atoms with van der Waals surface area (Å²) in [6, 6.07) is 56.4. The number of fused-ring (bicyclic) bond motifs is 9. The van der Waals surface area contributed by atoms with E-state index >= 15 is 0 Å². The lowest BCUT2D eigenvalue weighted by atomic mass is 9.86. The van der Waals surface area contributed by atoms with Crippen molar-refractivity contribution >= 4 is 49.3 Å². The first-order chi connectivity index (χ1) is 24.8. The number of aromatic nitrogens is 3. The molecule has 1 aromatic heterocycles. The Labute approximate surface area is 288 Å². The van der Waals surface area contributed by atoms with Crippen LogP contribution < -0.4 is 5.56 Å². The summed E-state index contributed by atoms with van der Waals surface area (Å²) in [5.74, 6) is 0.339. The van der Waals surface area contributed by atoms with Crippen molar-refractivity contribution in [1.82, 2.24) is 13.5 Å². The van der Waals surface area contributed by atoms with Gasteiger partial charge in [-0.3, -0.25) is 9.20 Å². The molecular weight excluding hydrogens is 611 g/mol. The molecule has 0 spiro atoms. The van der Waals surface area contributed by atoms with Crippen molar-refractivity contribution in [2.45, 2.75) is 18.8 Å². The van der Waals surface area contributed by atoms with Crippen molar-refractivity contribution in [2.24, 2.45) is 0 Å². The molecule has 4 nitrogen and oxygen atoms in total. The van der Waals surface area contributed by atoms with Crippen LogP contribution in [0.15, 0.2) is 163 Å². The number of hydrogen-bond donors (Lipinski definition) is 0. The average Bonchev–Trinajstić information content (AvgIpc) is 3.34. The first-order valence-electron chi connectivity index (χ1n) is 17.4. The van der Waals surface area contributed by atoms with Gasteiger partial charge in [-0.15, -0.1) is 0 Å². The molecule has 0 radical (unpaired) electrons.